The zero-order valence-corrected chi connectivity index (χ0v) is 9.31. The smallest absolute Gasteiger partial charge is 0.122 e. The first kappa shape index (κ1) is 9.76. The number of aliphatic hydroxyl groups excluding tert-OH is 1. The van der Waals surface area contributed by atoms with Crippen LogP contribution in [0.5, 0.6) is 0 Å². The van der Waals surface area contributed by atoms with Crippen LogP contribution in [0.1, 0.15) is 21.7 Å². The summed E-state index contributed by atoms with van der Waals surface area (Å²) in [5, 5.41) is 12.6. The highest BCUT2D eigenvalue weighted by Gasteiger charge is 2.12. The molecule has 0 aliphatic rings. The highest BCUT2D eigenvalue weighted by molar-refractivity contribution is 7.10. The van der Waals surface area contributed by atoms with Crippen molar-refractivity contribution in [3.05, 3.63) is 32.7 Å². The van der Waals surface area contributed by atoms with E-state index in [0.29, 0.717) is 6.42 Å². The molecule has 2 rings (SSSR count). The third-order valence-corrected chi connectivity index (χ3v) is 3.67. The Bertz CT molecular complexity index is 397. The SMILES string of the molecule is Cc1csc(C(O)Cc2cncs2)n1. The zero-order chi connectivity index (χ0) is 9.97. The Morgan fingerprint density at radius 3 is 2.93 bits per heavy atom. The molecule has 2 heterocycles. The Morgan fingerprint density at radius 1 is 1.50 bits per heavy atom. The normalized spacial score (nSPS) is 13.0. The Kier molecular flexibility index (Phi) is 2.90. The maximum atomic E-state index is 9.83. The molecule has 74 valence electrons. The van der Waals surface area contributed by atoms with Crippen LogP contribution < -0.4 is 0 Å². The van der Waals surface area contributed by atoms with Crippen LogP contribution in [0, 0.1) is 6.92 Å². The van der Waals surface area contributed by atoms with E-state index < -0.39 is 6.10 Å². The molecule has 0 aliphatic carbocycles. The van der Waals surface area contributed by atoms with E-state index in [4.69, 9.17) is 0 Å². The summed E-state index contributed by atoms with van der Waals surface area (Å²) in [6.07, 6.45) is 1.90. The van der Waals surface area contributed by atoms with Crippen LogP contribution in [0.4, 0.5) is 0 Å². The number of rotatable bonds is 3. The molecule has 0 aromatic carbocycles. The van der Waals surface area contributed by atoms with Gasteiger partial charge in [-0.1, -0.05) is 0 Å². The van der Waals surface area contributed by atoms with Crippen LogP contribution in [0.25, 0.3) is 0 Å². The van der Waals surface area contributed by atoms with Crippen molar-refractivity contribution in [3.8, 4) is 0 Å². The van der Waals surface area contributed by atoms with Crippen LogP contribution in [-0.4, -0.2) is 15.1 Å². The summed E-state index contributed by atoms with van der Waals surface area (Å²) in [6.45, 7) is 1.93. The van der Waals surface area contributed by atoms with E-state index >= 15 is 0 Å². The number of aryl methyl sites for hydroxylation is 1. The molecule has 14 heavy (non-hydrogen) atoms. The van der Waals surface area contributed by atoms with Crippen molar-refractivity contribution >= 4 is 22.7 Å². The molecule has 1 atom stereocenters. The van der Waals surface area contributed by atoms with E-state index in [1.54, 1.807) is 23.0 Å². The van der Waals surface area contributed by atoms with E-state index in [9.17, 15) is 5.11 Å². The average molecular weight is 226 g/mol. The van der Waals surface area contributed by atoms with Gasteiger partial charge in [0, 0.05) is 28.6 Å². The fraction of sp³-hybridized carbons (Fsp3) is 0.333. The van der Waals surface area contributed by atoms with Crippen LogP contribution >= 0.6 is 22.7 Å². The van der Waals surface area contributed by atoms with Crippen molar-refractivity contribution in [3.63, 3.8) is 0 Å². The van der Waals surface area contributed by atoms with E-state index in [-0.39, 0.29) is 0 Å². The van der Waals surface area contributed by atoms with Crippen molar-refractivity contribution in [2.24, 2.45) is 0 Å². The Balaban J connectivity index is 2.06. The first-order chi connectivity index (χ1) is 6.75. The highest BCUT2D eigenvalue weighted by Crippen LogP contribution is 2.22. The van der Waals surface area contributed by atoms with Crippen molar-refractivity contribution in [2.75, 3.05) is 0 Å². The van der Waals surface area contributed by atoms with Crippen LogP contribution in [0.3, 0.4) is 0 Å². The van der Waals surface area contributed by atoms with Crippen molar-refractivity contribution in [2.45, 2.75) is 19.4 Å². The number of aliphatic hydroxyl groups is 1. The average Bonchev–Trinajstić information content (AvgIpc) is 2.75. The number of thiazole rings is 2. The molecular weight excluding hydrogens is 216 g/mol. The largest absolute Gasteiger partial charge is 0.386 e. The lowest BCUT2D eigenvalue weighted by Crippen LogP contribution is -1.99. The molecular formula is C9H10N2OS2. The minimum atomic E-state index is -0.492. The highest BCUT2D eigenvalue weighted by atomic mass is 32.1. The summed E-state index contributed by atoms with van der Waals surface area (Å²) in [5.74, 6) is 0. The maximum absolute atomic E-state index is 9.83. The molecule has 0 fully saturated rings. The lowest BCUT2D eigenvalue weighted by Gasteiger charge is -2.03. The molecule has 0 saturated carbocycles. The van der Waals surface area contributed by atoms with Crippen molar-refractivity contribution in [1.82, 2.24) is 9.97 Å². The first-order valence-corrected chi connectivity index (χ1v) is 5.99. The van der Waals surface area contributed by atoms with Gasteiger partial charge in [0.1, 0.15) is 11.1 Å². The van der Waals surface area contributed by atoms with E-state index in [2.05, 4.69) is 9.97 Å². The fourth-order valence-corrected chi connectivity index (χ4v) is 2.56. The summed E-state index contributed by atoms with van der Waals surface area (Å²) in [7, 11) is 0. The van der Waals surface area contributed by atoms with Gasteiger partial charge in [0.2, 0.25) is 0 Å². The summed E-state index contributed by atoms with van der Waals surface area (Å²) < 4.78 is 0. The number of hydrogen-bond acceptors (Lipinski definition) is 5. The quantitative estimate of drug-likeness (QED) is 0.872. The molecule has 1 unspecified atom stereocenters. The number of nitrogens with zero attached hydrogens (tertiary/aromatic N) is 2. The van der Waals surface area contributed by atoms with E-state index in [1.807, 2.05) is 12.3 Å². The Morgan fingerprint density at radius 2 is 2.36 bits per heavy atom. The molecule has 0 saturated heterocycles. The lowest BCUT2D eigenvalue weighted by atomic mass is 10.2. The van der Waals surface area contributed by atoms with Crippen LogP contribution in [-0.2, 0) is 6.42 Å². The van der Waals surface area contributed by atoms with Gasteiger partial charge in [0.25, 0.3) is 0 Å². The van der Waals surface area contributed by atoms with Gasteiger partial charge >= 0.3 is 0 Å². The molecule has 5 heteroatoms. The van der Waals surface area contributed by atoms with Gasteiger partial charge in [-0.3, -0.25) is 4.98 Å². The van der Waals surface area contributed by atoms with Gasteiger partial charge in [-0.05, 0) is 6.92 Å². The second kappa shape index (κ2) is 4.16. The van der Waals surface area contributed by atoms with Crippen molar-refractivity contribution in [1.29, 1.82) is 0 Å². The van der Waals surface area contributed by atoms with Gasteiger partial charge in [-0.15, -0.1) is 22.7 Å². The second-order valence-electron chi connectivity index (χ2n) is 3.01. The van der Waals surface area contributed by atoms with E-state index in [0.717, 1.165) is 15.6 Å². The molecule has 2 aromatic rings. The first-order valence-electron chi connectivity index (χ1n) is 4.23. The standard InChI is InChI=1S/C9H10N2OS2/c1-6-4-13-9(11-6)8(12)2-7-3-10-5-14-7/h3-5,8,12H,2H2,1H3. The predicted molar refractivity (Wildman–Crippen MR) is 57.6 cm³/mol. The minimum Gasteiger partial charge on any atom is -0.386 e. The molecule has 3 nitrogen and oxygen atoms in total. The lowest BCUT2D eigenvalue weighted by molar-refractivity contribution is 0.179. The number of hydrogen-bond donors (Lipinski definition) is 1. The summed E-state index contributed by atoms with van der Waals surface area (Å²) in [4.78, 5) is 9.30. The van der Waals surface area contributed by atoms with Gasteiger partial charge in [0.15, 0.2) is 0 Å². The molecule has 0 amide bonds. The minimum absolute atomic E-state index is 0.492. The zero-order valence-electron chi connectivity index (χ0n) is 7.67. The van der Waals surface area contributed by atoms with Gasteiger partial charge in [-0.25, -0.2) is 4.98 Å². The monoisotopic (exact) mass is 226 g/mol. The van der Waals surface area contributed by atoms with E-state index in [1.165, 1.54) is 11.3 Å². The molecule has 0 radical (unpaired) electrons. The van der Waals surface area contributed by atoms with Crippen molar-refractivity contribution < 1.29 is 5.11 Å². The van der Waals surface area contributed by atoms with Gasteiger partial charge in [0.05, 0.1) is 5.51 Å². The molecule has 0 bridgehead atoms. The second-order valence-corrected chi connectivity index (χ2v) is 4.88. The third kappa shape index (κ3) is 2.17. The topological polar surface area (TPSA) is 46.0 Å². The maximum Gasteiger partial charge on any atom is 0.122 e. The Hall–Kier alpha value is -0.780. The predicted octanol–water partition coefficient (Wildman–Crippen LogP) is 2.18. The summed E-state index contributed by atoms with van der Waals surface area (Å²) >= 11 is 3.06. The molecule has 2 aromatic heterocycles. The molecule has 1 N–H and O–H groups in total. The van der Waals surface area contributed by atoms with Gasteiger partial charge in [-0.2, -0.15) is 0 Å². The number of aromatic nitrogens is 2. The molecule has 0 aliphatic heterocycles. The summed E-state index contributed by atoms with van der Waals surface area (Å²) in [6, 6.07) is 0. The van der Waals surface area contributed by atoms with Gasteiger partial charge < -0.3 is 5.11 Å². The third-order valence-electron chi connectivity index (χ3n) is 1.80. The fourth-order valence-electron chi connectivity index (χ4n) is 1.15. The Labute approximate surface area is 90.1 Å². The summed E-state index contributed by atoms with van der Waals surface area (Å²) in [5.41, 5.74) is 2.74. The van der Waals surface area contributed by atoms with Crippen LogP contribution in [0.15, 0.2) is 17.1 Å². The molecule has 0 spiro atoms. The van der Waals surface area contributed by atoms with Crippen LogP contribution in [0.2, 0.25) is 0 Å².